The SMILES string of the molecule is COc1ccc2cc1OCCCN(C(=O)c1ccc[nH]1)CC(=O)N[C@H]1CN(C(=O)CCC(F)(F)F)C[C@H]21.O=CO. The molecule has 3 amide bonds. The molecule has 0 aliphatic carbocycles. The van der Waals surface area contributed by atoms with Gasteiger partial charge in [0, 0.05) is 38.2 Å². The number of rotatable bonds is 4. The first kappa shape index (κ1) is 30.3. The number of nitrogens with one attached hydrogen (secondary N) is 2. The van der Waals surface area contributed by atoms with Gasteiger partial charge < -0.3 is 34.7 Å². The number of hydrogen-bond donors (Lipinski definition) is 3. The Morgan fingerprint density at radius 1 is 1.23 bits per heavy atom. The van der Waals surface area contributed by atoms with Crippen LogP contribution in [0.4, 0.5) is 13.2 Å². The number of aromatic nitrogens is 1. The smallest absolute Gasteiger partial charge is 0.389 e. The molecule has 0 unspecified atom stereocenters. The Morgan fingerprint density at radius 3 is 2.62 bits per heavy atom. The maximum Gasteiger partial charge on any atom is 0.389 e. The highest BCUT2D eigenvalue weighted by atomic mass is 19.4. The van der Waals surface area contributed by atoms with E-state index >= 15 is 0 Å². The minimum absolute atomic E-state index is 0.0554. The summed E-state index contributed by atoms with van der Waals surface area (Å²) in [6, 6.07) is 8.02. The van der Waals surface area contributed by atoms with Gasteiger partial charge in [0.05, 0.1) is 32.7 Å². The number of amides is 3. The Hall–Kier alpha value is -4.23. The highest BCUT2D eigenvalue weighted by molar-refractivity contribution is 5.95. The number of likely N-dealkylation sites (tertiary alicyclic amines) is 1. The fraction of sp³-hybridized carbons (Fsp3) is 0.462. The minimum atomic E-state index is -4.44. The van der Waals surface area contributed by atoms with Crippen molar-refractivity contribution in [2.75, 3.05) is 39.9 Å². The first-order valence-corrected chi connectivity index (χ1v) is 12.5. The number of carbonyl (C=O) groups excluding carboxylic acids is 3. The summed E-state index contributed by atoms with van der Waals surface area (Å²) in [5.74, 6) is -0.828. The molecule has 1 aromatic carbocycles. The van der Waals surface area contributed by atoms with Crippen molar-refractivity contribution in [2.45, 2.75) is 37.4 Å². The number of ether oxygens (including phenoxy) is 2. The van der Waals surface area contributed by atoms with Crippen LogP contribution < -0.4 is 14.8 Å². The standard InChI is InChI=1S/C25H29F3N4O5.CH2O2/c1-36-20-6-5-16-12-21(20)37-11-3-10-31(24(35)18-4-2-9-29-18)15-22(33)30-19-14-32(13-17(16)19)23(34)7-8-25(26,27)28;2-1-3/h2,4-6,9,12,17,19,29H,3,7-8,10-11,13-15H2,1H3,(H,30,33);1H,(H,2,3)/t17-,19+;/m1./s1. The molecule has 2 aliphatic rings. The molecule has 1 saturated heterocycles. The van der Waals surface area contributed by atoms with Crippen molar-refractivity contribution in [1.29, 1.82) is 0 Å². The molecule has 3 N–H and O–H groups in total. The molecule has 218 valence electrons. The minimum Gasteiger partial charge on any atom is -0.493 e. The second-order valence-corrected chi connectivity index (χ2v) is 9.22. The van der Waals surface area contributed by atoms with Gasteiger partial charge in [-0.2, -0.15) is 13.2 Å². The van der Waals surface area contributed by atoms with Crippen molar-refractivity contribution in [3.05, 3.63) is 47.8 Å². The maximum atomic E-state index is 13.1. The van der Waals surface area contributed by atoms with Gasteiger partial charge >= 0.3 is 6.18 Å². The van der Waals surface area contributed by atoms with E-state index in [0.29, 0.717) is 23.6 Å². The molecule has 40 heavy (non-hydrogen) atoms. The fourth-order valence-electron chi connectivity index (χ4n) is 4.68. The van der Waals surface area contributed by atoms with Gasteiger partial charge in [-0.1, -0.05) is 6.07 Å². The van der Waals surface area contributed by atoms with Crippen LogP contribution in [-0.2, 0) is 14.4 Å². The first-order valence-electron chi connectivity index (χ1n) is 12.5. The van der Waals surface area contributed by atoms with Gasteiger partial charge in [-0.15, -0.1) is 0 Å². The monoisotopic (exact) mass is 568 g/mol. The maximum absolute atomic E-state index is 13.1. The Kier molecular flexibility index (Phi) is 10.4. The second kappa shape index (κ2) is 13.7. The van der Waals surface area contributed by atoms with Crippen molar-refractivity contribution in [3.8, 4) is 11.5 Å². The fourth-order valence-corrected chi connectivity index (χ4v) is 4.68. The van der Waals surface area contributed by atoms with Crippen LogP contribution in [0.5, 0.6) is 11.5 Å². The molecule has 14 heteroatoms. The van der Waals surface area contributed by atoms with Crippen molar-refractivity contribution in [2.24, 2.45) is 0 Å². The topological polar surface area (TPSA) is 141 Å². The molecule has 2 bridgehead atoms. The summed E-state index contributed by atoms with van der Waals surface area (Å²) < 4.78 is 49.4. The number of hydrogen-bond acceptors (Lipinski definition) is 6. The zero-order valence-electron chi connectivity index (χ0n) is 21.8. The number of H-pyrrole nitrogens is 1. The van der Waals surface area contributed by atoms with Crippen LogP contribution in [0, 0.1) is 0 Å². The molecule has 2 aliphatic heterocycles. The van der Waals surface area contributed by atoms with E-state index in [1.807, 2.05) is 0 Å². The number of nitrogens with zero attached hydrogens (tertiary/aromatic N) is 2. The van der Waals surface area contributed by atoms with Crippen molar-refractivity contribution < 1.29 is 46.9 Å². The lowest BCUT2D eigenvalue weighted by Gasteiger charge is -2.24. The van der Waals surface area contributed by atoms with E-state index in [1.54, 1.807) is 36.5 Å². The predicted molar refractivity (Wildman–Crippen MR) is 135 cm³/mol. The molecule has 0 spiro atoms. The molecule has 2 aromatic rings. The number of methoxy groups -OCH3 is 1. The van der Waals surface area contributed by atoms with Crippen molar-refractivity contribution in [1.82, 2.24) is 20.1 Å². The molecule has 4 rings (SSSR count). The molecule has 2 atom stereocenters. The first-order chi connectivity index (χ1) is 19.1. The quantitative estimate of drug-likeness (QED) is 0.481. The summed E-state index contributed by atoms with van der Waals surface area (Å²) in [7, 11) is 1.51. The van der Waals surface area contributed by atoms with Gasteiger partial charge in [0.1, 0.15) is 5.69 Å². The summed E-state index contributed by atoms with van der Waals surface area (Å²) in [6.07, 6.45) is -4.23. The number of alkyl halides is 3. The molecule has 1 aromatic heterocycles. The van der Waals surface area contributed by atoms with Gasteiger partial charge in [0.25, 0.3) is 12.4 Å². The van der Waals surface area contributed by atoms with Crippen molar-refractivity contribution >= 4 is 24.2 Å². The summed E-state index contributed by atoms with van der Waals surface area (Å²) in [4.78, 5) is 52.6. The molecule has 0 radical (unpaired) electrons. The van der Waals surface area contributed by atoms with Crippen LogP contribution >= 0.6 is 0 Å². The van der Waals surface area contributed by atoms with E-state index in [0.717, 1.165) is 5.56 Å². The van der Waals surface area contributed by atoms with E-state index in [4.69, 9.17) is 19.4 Å². The Labute approximate surface area is 228 Å². The van der Waals surface area contributed by atoms with Crippen LogP contribution in [0.1, 0.15) is 41.2 Å². The number of carboxylic acid groups (broad SMARTS) is 1. The number of carbonyl (C=O) groups is 4. The number of halogens is 3. The highest BCUT2D eigenvalue weighted by Gasteiger charge is 2.39. The van der Waals surface area contributed by atoms with Crippen LogP contribution in [0.3, 0.4) is 0 Å². The van der Waals surface area contributed by atoms with Crippen LogP contribution in [0.2, 0.25) is 0 Å². The summed E-state index contributed by atoms with van der Waals surface area (Å²) in [5.41, 5.74) is 1.09. The van der Waals surface area contributed by atoms with Crippen LogP contribution in [-0.4, -0.2) is 96.2 Å². The van der Waals surface area contributed by atoms with Crippen molar-refractivity contribution in [3.63, 3.8) is 0 Å². The Balaban J connectivity index is 0.00000141. The third-order valence-corrected chi connectivity index (χ3v) is 6.54. The van der Waals surface area contributed by atoms with E-state index in [-0.39, 0.29) is 51.1 Å². The third-order valence-electron chi connectivity index (χ3n) is 6.54. The zero-order chi connectivity index (χ0) is 29.3. The average Bonchev–Trinajstić information content (AvgIpc) is 3.59. The largest absolute Gasteiger partial charge is 0.493 e. The third kappa shape index (κ3) is 8.13. The van der Waals surface area contributed by atoms with Crippen LogP contribution in [0.15, 0.2) is 36.5 Å². The van der Waals surface area contributed by atoms with Crippen LogP contribution in [0.25, 0.3) is 0 Å². The Bertz CT molecular complexity index is 1170. The van der Waals surface area contributed by atoms with Gasteiger partial charge in [-0.25, -0.2) is 0 Å². The van der Waals surface area contributed by atoms with Gasteiger partial charge in [-0.3, -0.25) is 19.2 Å². The number of aromatic amines is 1. The average molecular weight is 569 g/mol. The van der Waals surface area contributed by atoms with Gasteiger partial charge in [0.2, 0.25) is 11.8 Å². The van der Waals surface area contributed by atoms with E-state index in [9.17, 15) is 27.6 Å². The van der Waals surface area contributed by atoms with E-state index < -0.39 is 36.9 Å². The zero-order valence-corrected chi connectivity index (χ0v) is 21.8. The van der Waals surface area contributed by atoms with E-state index in [1.165, 1.54) is 16.9 Å². The second-order valence-electron chi connectivity index (χ2n) is 9.22. The Morgan fingerprint density at radius 2 is 1.98 bits per heavy atom. The molecule has 1 fully saturated rings. The van der Waals surface area contributed by atoms with E-state index in [2.05, 4.69) is 10.3 Å². The lowest BCUT2D eigenvalue weighted by Crippen LogP contribution is -2.47. The molecular weight excluding hydrogens is 537 g/mol. The molecule has 3 heterocycles. The van der Waals surface area contributed by atoms with Gasteiger partial charge in [-0.05, 0) is 36.2 Å². The predicted octanol–water partition coefficient (Wildman–Crippen LogP) is 2.40. The number of benzene rings is 1. The summed E-state index contributed by atoms with van der Waals surface area (Å²) in [6.45, 7) is 0.234. The molecular formula is C26H31F3N4O7. The summed E-state index contributed by atoms with van der Waals surface area (Å²) in [5, 5.41) is 9.80. The number of fused-ring (bicyclic) bond motifs is 4. The highest BCUT2D eigenvalue weighted by Crippen LogP contribution is 2.35. The lowest BCUT2D eigenvalue weighted by molar-refractivity contribution is -0.148. The normalized spacial score (nSPS) is 19.4. The summed E-state index contributed by atoms with van der Waals surface area (Å²) >= 11 is 0. The van der Waals surface area contributed by atoms with Gasteiger partial charge in [0.15, 0.2) is 11.5 Å². The molecule has 0 saturated carbocycles. The lowest BCUT2D eigenvalue weighted by atomic mass is 9.94. The molecule has 11 nitrogen and oxygen atoms in total.